The number of rotatable bonds is 6. The van der Waals surface area contributed by atoms with Gasteiger partial charge in [-0.3, -0.25) is 0 Å². The summed E-state index contributed by atoms with van der Waals surface area (Å²) in [5.74, 6) is 0.762. The molecule has 0 bridgehead atoms. The Bertz CT molecular complexity index is 810. The van der Waals surface area contributed by atoms with Gasteiger partial charge in [-0.25, -0.2) is 0 Å². The van der Waals surface area contributed by atoms with Crippen LogP contribution in [-0.4, -0.2) is 18.8 Å². The zero-order valence-electron chi connectivity index (χ0n) is 17.8. The molecule has 1 atom stereocenters. The first-order valence-electron chi connectivity index (χ1n) is 9.71. The molecule has 0 aliphatic heterocycles. The fourth-order valence-electron chi connectivity index (χ4n) is 3.02. The molecule has 0 heterocycles. The molecule has 0 spiro atoms. The van der Waals surface area contributed by atoms with E-state index in [0.29, 0.717) is 0 Å². The zero-order valence-corrected chi connectivity index (χ0v) is 18.7. The van der Waals surface area contributed by atoms with Crippen LogP contribution in [0.1, 0.15) is 54.8 Å². The summed E-state index contributed by atoms with van der Waals surface area (Å²) in [5, 5.41) is 6.53. The van der Waals surface area contributed by atoms with E-state index in [0.717, 1.165) is 29.8 Å². The minimum Gasteiger partial charge on any atom is -0.432 e. The third kappa shape index (κ3) is 6.03. The van der Waals surface area contributed by atoms with Crippen molar-refractivity contribution in [2.75, 3.05) is 13.6 Å². The average Bonchev–Trinajstić information content (AvgIpc) is 2.62. The number of thiocarbonyl (C=S) groups is 1. The molecule has 0 aliphatic carbocycles. The van der Waals surface area contributed by atoms with E-state index in [1.165, 1.54) is 16.7 Å². The highest BCUT2D eigenvalue weighted by atomic mass is 32.1. The zero-order chi connectivity index (χ0) is 20.9. The van der Waals surface area contributed by atoms with E-state index in [1.807, 2.05) is 32.2 Å². The molecule has 4 nitrogen and oxygen atoms in total. The lowest BCUT2D eigenvalue weighted by atomic mass is 9.86. The van der Waals surface area contributed by atoms with Gasteiger partial charge in [0.1, 0.15) is 11.9 Å². The second-order valence-electron chi connectivity index (χ2n) is 8.28. The minimum absolute atomic E-state index is 0.114. The van der Waals surface area contributed by atoms with Gasteiger partial charge in [-0.05, 0) is 85.4 Å². The van der Waals surface area contributed by atoms with Gasteiger partial charge >= 0.3 is 0 Å². The summed E-state index contributed by atoms with van der Waals surface area (Å²) >= 11 is 5.38. The summed E-state index contributed by atoms with van der Waals surface area (Å²) in [4.78, 5) is 0. The Morgan fingerprint density at radius 1 is 1.11 bits per heavy atom. The maximum absolute atomic E-state index is 6.27. The SMILES string of the molecule is CNCCc1cc(C)c(OC(=S)NC(N)c2ccc(C(C)(C)C)cc2)cc1C. The number of nitrogens with two attached hydrogens (primary N) is 1. The summed E-state index contributed by atoms with van der Waals surface area (Å²) in [6, 6.07) is 12.5. The van der Waals surface area contributed by atoms with Crippen LogP contribution < -0.4 is 21.1 Å². The molecule has 0 radical (unpaired) electrons. The van der Waals surface area contributed by atoms with Gasteiger partial charge in [-0.15, -0.1) is 0 Å². The van der Waals surface area contributed by atoms with Crippen molar-refractivity contribution in [2.24, 2.45) is 5.73 Å². The molecule has 28 heavy (non-hydrogen) atoms. The molecule has 4 N–H and O–H groups in total. The van der Waals surface area contributed by atoms with Gasteiger partial charge < -0.3 is 21.1 Å². The Balaban J connectivity index is 2.02. The third-order valence-corrected chi connectivity index (χ3v) is 5.09. The van der Waals surface area contributed by atoms with Crippen molar-refractivity contribution < 1.29 is 4.74 Å². The Kier molecular flexibility index (Phi) is 7.58. The summed E-state index contributed by atoms with van der Waals surface area (Å²) in [7, 11) is 1.96. The molecule has 2 rings (SSSR count). The van der Waals surface area contributed by atoms with Gasteiger partial charge in [0.15, 0.2) is 0 Å². The number of hydrogen-bond donors (Lipinski definition) is 3. The normalized spacial score (nSPS) is 12.5. The number of nitrogens with one attached hydrogen (secondary N) is 2. The van der Waals surface area contributed by atoms with Gasteiger partial charge in [-0.2, -0.15) is 0 Å². The molecule has 0 amide bonds. The predicted molar refractivity (Wildman–Crippen MR) is 122 cm³/mol. The smallest absolute Gasteiger partial charge is 0.263 e. The molecule has 152 valence electrons. The molecule has 0 saturated heterocycles. The van der Waals surface area contributed by atoms with Crippen molar-refractivity contribution in [3.63, 3.8) is 0 Å². The van der Waals surface area contributed by atoms with Crippen LogP contribution in [0.3, 0.4) is 0 Å². The first-order chi connectivity index (χ1) is 13.1. The summed E-state index contributed by atoms with van der Waals surface area (Å²) in [6.07, 6.45) is 0.569. The molecule has 0 aliphatic rings. The van der Waals surface area contributed by atoms with E-state index in [4.69, 9.17) is 22.7 Å². The van der Waals surface area contributed by atoms with E-state index in [1.54, 1.807) is 0 Å². The Labute approximate surface area is 174 Å². The van der Waals surface area contributed by atoms with Gasteiger partial charge in [0, 0.05) is 0 Å². The first-order valence-corrected chi connectivity index (χ1v) is 10.1. The van der Waals surface area contributed by atoms with Crippen LogP contribution in [0.25, 0.3) is 0 Å². The molecule has 2 aromatic carbocycles. The van der Waals surface area contributed by atoms with Crippen molar-refractivity contribution in [1.29, 1.82) is 0 Å². The fraction of sp³-hybridized carbons (Fsp3) is 0.435. The number of likely N-dealkylation sites (N-methyl/N-ethyl adjacent to an activating group) is 1. The van der Waals surface area contributed by atoms with Gasteiger partial charge in [-0.1, -0.05) is 51.1 Å². The maximum atomic E-state index is 6.27. The Hall–Kier alpha value is -1.95. The molecule has 1 unspecified atom stereocenters. The van der Waals surface area contributed by atoms with Gasteiger partial charge in [0.2, 0.25) is 0 Å². The lowest BCUT2D eigenvalue weighted by Crippen LogP contribution is -2.36. The molecule has 0 saturated carbocycles. The van der Waals surface area contributed by atoms with Crippen molar-refractivity contribution in [2.45, 2.75) is 52.6 Å². The number of aryl methyl sites for hydroxylation is 2. The van der Waals surface area contributed by atoms with Crippen LogP contribution in [0.4, 0.5) is 0 Å². The van der Waals surface area contributed by atoms with Crippen molar-refractivity contribution in [3.05, 3.63) is 64.2 Å². The lowest BCUT2D eigenvalue weighted by Gasteiger charge is -2.21. The van der Waals surface area contributed by atoms with Gasteiger partial charge in [0.25, 0.3) is 5.17 Å². The number of benzene rings is 2. The summed E-state index contributed by atoms with van der Waals surface area (Å²) in [6.45, 7) is 11.7. The highest BCUT2D eigenvalue weighted by molar-refractivity contribution is 7.80. The quantitative estimate of drug-likeness (QED) is 0.500. The fourth-order valence-corrected chi connectivity index (χ4v) is 3.24. The molecular formula is C23H33N3OS. The Morgan fingerprint density at radius 3 is 2.32 bits per heavy atom. The van der Waals surface area contributed by atoms with E-state index in [2.05, 4.69) is 56.5 Å². The van der Waals surface area contributed by atoms with Crippen LogP contribution in [0.2, 0.25) is 0 Å². The predicted octanol–water partition coefficient (Wildman–Crippen LogP) is 4.27. The second-order valence-corrected chi connectivity index (χ2v) is 8.65. The standard InChI is InChI=1S/C23H33N3OS/c1-15-14-20(16(2)13-18(15)11-12-25-6)27-22(28)26-21(24)17-7-9-19(10-8-17)23(3,4)5/h7-10,13-14,21,25H,11-12,24H2,1-6H3,(H,26,28). The lowest BCUT2D eigenvalue weighted by molar-refractivity contribution is 0.504. The highest BCUT2D eigenvalue weighted by Crippen LogP contribution is 2.25. The first kappa shape index (κ1) is 22.3. The van der Waals surface area contributed by atoms with E-state index < -0.39 is 6.17 Å². The monoisotopic (exact) mass is 399 g/mol. The molecule has 0 aromatic heterocycles. The highest BCUT2D eigenvalue weighted by Gasteiger charge is 2.15. The largest absolute Gasteiger partial charge is 0.432 e. The van der Waals surface area contributed by atoms with Crippen molar-refractivity contribution in [1.82, 2.24) is 10.6 Å². The second kappa shape index (κ2) is 9.50. The Morgan fingerprint density at radius 2 is 1.75 bits per heavy atom. The van der Waals surface area contributed by atoms with Crippen LogP contribution in [-0.2, 0) is 11.8 Å². The van der Waals surface area contributed by atoms with E-state index in [9.17, 15) is 0 Å². The van der Waals surface area contributed by atoms with Gasteiger partial charge in [0.05, 0.1) is 0 Å². The van der Waals surface area contributed by atoms with Crippen LogP contribution >= 0.6 is 12.2 Å². The van der Waals surface area contributed by atoms with Crippen molar-refractivity contribution >= 4 is 17.4 Å². The van der Waals surface area contributed by atoms with Crippen LogP contribution in [0, 0.1) is 13.8 Å². The molecule has 2 aromatic rings. The van der Waals surface area contributed by atoms with Crippen molar-refractivity contribution in [3.8, 4) is 5.75 Å². The molecule has 5 heteroatoms. The topological polar surface area (TPSA) is 59.3 Å². The minimum atomic E-state index is -0.419. The third-order valence-electron chi connectivity index (χ3n) is 4.89. The maximum Gasteiger partial charge on any atom is 0.263 e. The number of hydrogen-bond acceptors (Lipinski definition) is 4. The molecular weight excluding hydrogens is 366 g/mol. The average molecular weight is 400 g/mol. The number of ether oxygens (including phenoxy) is 1. The summed E-state index contributed by atoms with van der Waals surface area (Å²) in [5.41, 5.74) is 12.2. The van der Waals surface area contributed by atoms with E-state index >= 15 is 0 Å². The summed E-state index contributed by atoms with van der Waals surface area (Å²) < 4.78 is 5.88. The van der Waals surface area contributed by atoms with E-state index in [-0.39, 0.29) is 10.6 Å². The molecule has 0 fully saturated rings. The van der Waals surface area contributed by atoms with Crippen LogP contribution in [0.15, 0.2) is 36.4 Å². The van der Waals surface area contributed by atoms with Crippen LogP contribution in [0.5, 0.6) is 5.75 Å².